The second kappa shape index (κ2) is 9.45. The van der Waals surface area contributed by atoms with E-state index in [2.05, 4.69) is 0 Å². The van der Waals surface area contributed by atoms with E-state index in [-0.39, 0.29) is 17.9 Å². The van der Waals surface area contributed by atoms with Gasteiger partial charge in [-0.2, -0.15) is 0 Å². The molecule has 3 rings (SSSR count). The minimum Gasteiger partial charge on any atom is -0.508 e. The van der Waals surface area contributed by atoms with E-state index in [1.54, 1.807) is 31.4 Å². The zero-order valence-corrected chi connectivity index (χ0v) is 17.2. The molecule has 0 saturated heterocycles. The van der Waals surface area contributed by atoms with Crippen molar-refractivity contribution in [3.8, 4) is 11.5 Å². The predicted molar refractivity (Wildman–Crippen MR) is 111 cm³/mol. The summed E-state index contributed by atoms with van der Waals surface area (Å²) in [6, 6.07) is 9.41. The van der Waals surface area contributed by atoms with Gasteiger partial charge in [-0.05, 0) is 43.2 Å². The van der Waals surface area contributed by atoms with Crippen LogP contribution < -0.4 is 10.4 Å². The Kier molecular flexibility index (Phi) is 6.74. The summed E-state index contributed by atoms with van der Waals surface area (Å²) in [6.45, 7) is 4.53. The van der Waals surface area contributed by atoms with Crippen LogP contribution in [0.15, 0.2) is 45.6 Å². The Bertz CT molecular complexity index is 1110. The highest BCUT2D eigenvalue weighted by Crippen LogP contribution is 2.27. The third-order valence-electron chi connectivity index (χ3n) is 4.75. The topological polar surface area (TPSA) is 95.2 Å². The third-order valence-corrected chi connectivity index (χ3v) is 4.75. The molecular formula is C23H24O7. The molecule has 30 heavy (non-hydrogen) atoms. The summed E-state index contributed by atoms with van der Waals surface area (Å²) < 4.78 is 21.3. The Balaban J connectivity index is 1.85. The number of methoxy groups -OCH3 is 1. The first-order valence-corrected chi connectivity index (χ1v) is 9.67. The summed E-state index contributed by atoms with van der Waals surface area (Å²) in [5.41, 5.74) is 1.96. The standard InChI is InChI=1S/C23H24O7/c1-4-14-9-18-16(10-22(25)30-21(18)11-19(14)24)13-29-23(26)15-6-7-20(27-3)17(8-15)12-28-5-2/h6-11,24H,4-5,12-13H2,1-3H3. The third kappa shape index (κ3) is 4.63. The van der Waals surface area contributed by atoms with E-state index >= 15 is 0 Å². The number of esters is 1. The van der Waals surface area contributed by atoms with Gasteiger partial charge in [0.1, 0.15) is 23.7 Å². The van der Waals surface area contributed by atoms with Gasteiger partial charge in [0, 0.05) is 35.3 Å². The van der Waals surface area contributed by atoms with Crippen molar-refractivity contribution in [3.05, 3.63) is 69.1 Å². The van der Waals surface area contributed by atoms with E-state index in [0.29, 0.717) is 47.5 Å². The van der Waals surface area contributed by atoms with Crippen molar-refractivity contribution in [1.82, 2.24) is 0 Å². The highest BCUT2D eigenvalue weighted by Gasteiger charge is 2.15. The van der Waals surface area contributed by atoms with Gasteiger partial charge in [0.05, 0.1) is 19.3 Å². The molecule has 1 heterocycles. The van der Waals surface area contributed by atoms with Gasteiger partial charge in [0.2, 0.25) is 0 Å². The summed E-state index contributed by atoms with van der Waals surface area (Å²) >= 11 is 0. The van der Waals surface area contributed by atoms with Crippen LogP contribution in [-0.2, 0) is 29.1 Å². The van der Waals surface area contributed by atoms with Gasteiger partial charge in [-0.1, -0.05) is 6.92 Å². The molecule has 2 aromatic carbocycles. The Hall–Kier alpha value is -3.32. The monoisotopic (exact) mass is 412 g/mol. The van der Waals surface area contributed by atoms with E-state index in [9.17, 15) is 14.7 Å². The van der Waals surface area contributed by atoms with Gasteiger partial charge in [-0.25, -0.2) is 9.59 Å². The van der Waals surface area contributed by atoms with Gasteiger partial charge >= 0.3 is 11.6 Å². The SMILES string of the molecule is CCOCc1cc(C(=O)OCc2cc(=O)oc3cc(O)c(CC)cc23)ccc1OC. The number of hydrogen-bond donors (Lipinski definition) is 1. The fraction of sp³-hybridized carbons (Fsp3) is 0.304. The molecule has 158 valence electrons. The molecule has 0 aliphatic heterocycles. The molecule has 0 atom stereocenters. The van der Waals surface area contributed by atoms with Crippen molar-refractivity contribution in [3.63, 3.8) is 0 Å². The minimum atomic E-state index is -0.583. The molecule has 0 radical (unpaired) electrons. The van der Waals surface area contributed by atoms with Crippen LogP contribution in [0.4, 0.5) is 0 Å². The molecule has 7 heteroatoms. The molecule has 0 aliphatic rings. The lowest BCUT2D eigenvalue weighted by Gasteiger charge is -2.12. The summed E-state index contributed by atoms with van der Waals surface area (Å²) in [5.74, 6) is 0.146. The molecule has 7 nitrogen and oxygen atoms in total. The number of phenols is 1. The Morgan fingerprint density at radius 1 is 1.03 bits per heavy atom. The quantitative estimate of drug-likeness (QED) is 0.442. The molecule has 0 fully saturated rings. The van der Waals surface area contributed by atoms with Crippen molar-refractivity contribution in [1.29, 1.82) is 0 Å². The molecule has 0 aliphatic carbocycles. The summed E-state index contributed by atoms with van der Waals surface area (Å²) in [5, 5.41) is 10.6. The van der Waals surface area contributed by atoms with Gasteiger partial charge in [0.25, 0.3) is 0 Å². The number of phenolic OH excluding ortho intramolecular Hbond substituents is 1. The molecule has 0 amide bonds. The van der Waals surface area contributed by atoms with Crippen molar-refractivity contribution < 1.29 is 28.5 Å². The van der Waals surface area contributed by atoms with E-state index in [1.165, 1.54) is 12.1 Å². The van der Waals surface area contributed by atoms with Crippen molar-refractivity contribution in [2.45, 2.75) is 33.5 Å². The van der Waals surface area contributed by atoms with Crippen LogP contribution in [0.3, 0.4) is 0 Å². The summed E-state index contributed by atoms with van der Waals surface area (Å²) in [4.78, 5) is 24.5. The molecule has 0 saturated carbocycles. The fourth-order valence-corrected chi connectivity index (χ4v) is 3.17. The van der Waals surface area contributed by atoms with Crippen LogP contribution in [0.25, 0.3) is 11.0 Å². The zero-order valence-electron chi connectivity index (χ0n) is 17.2. The van der Waals surface area contributed by atoms with Crippen molar-refractivity contribution in [2.24, 2.45) is 0 Å². The summed E-state index contributed by atoms with van der Waals surface area (Å²) in [7, 11) is 1.55. The first-order chi connectivity index (χ1) is 14.5. The number of aromatic hydroxyl groups is 1. The Labute approximate surface area is 173 Å². The second-order valence-electron chi connectivity index (χ2n) is 6.66. The molecule has 1 N–H and O–H groups in total. The molecule has 1 aromatic heterocycles. The lowest BCUT2D eigenvalue weighted by molar-refractivity contribution is 0.0473. The van der Waals surface area contributed by atoms with E-state index in [1.807, 2.05) is 13.8 Å². The maximum atomic E-state index is 12.6. The lowest BCUT2D eigenvalue weighted by atomic mass is 10.0. The number of fused-ring (bicyclic) bond motifs is 1. The maximum absolute atomic E-state index is 12.6. The highest BCUT2D eigenvalue weighted by atomic mass is 16.5. The molecule has 0 unspecified atom stereocenters. The van der Waals surface area contributed by atoms with Crippen molar-refractivity contribution in [2.75, 3.05) is 13.7 Å². The number of benzene rings is 2. The number of aryl methyl sites for hydroxylation is 1. The molecule has 0 spiro atoms. The van der Waals surface area contributed by atoms with E-state index in [0.717, 1.165) is 5.56 Å². The normalized spacial score (nSPS) is 10.9. The van der Waals surface area contributed by atoms with Gasteiger partial charge in [-0.15, -0.1) is 0 Å². The minimum absolute atomic E-state index is 0.0577. The second-order valence-corrected chi connectivity index (χ2v) is 6.66. The van der Waals surface area contributed by atoms with Crippen LogP contribution in [0, 0.1) is 0 Å². The lowest BCUT2D eigenvalue weighted by Crippen LogP contribution is -2.09. The smallest absolute Gasteiger partial charge is 0.338 e. The van der Waals surface area contributed by atoms with Crippen LogP contribution in [0.5, 0.6) is 11.5 Å². The first kappa shape index (κ1) is 21.4. The average molecular weight is 412 g/mol. The zero-order chi connectivity index (χ0) is 21.7. The van der Waals surface area contributed by atoms with Crippen LogP contribution in [0.1, 0.15) is 40.9 Å². The van der Waals surface area contributed by atoms with Crippen LogP contribution in [-0.4, -0.2) is 24.8 Å². The predicted octanol–water partition coefficient (Wildman–Crippen LogP) is 3.96. The van der Waals surface area contributed by atoms with Crippen LogP contribution in [0.2, 0.25) is 0 Å². The largest absolute Gasteiger partial charge is 0.508 e. The maximum Gasteiger partial charge on any atom is 0.338 e. The Morgan fingerprint density at radius 3 is 2.53 bits per heavy atom. The molecular weight excluding hydrogens is 388 g/mol. The van der Waals surface area contributed by atoms with E-state index < -0.39 is 11.6 Å². The number of carbonyl (C=O) groups excluding carboxylic acids is 1. The van der Waals surface area contributed by atoms with Gasteiger partial charge in [0.15, 0.2) is 0 Å². The number of ether oxygens (including phenoxy) is 3. The average Bonchev–Trinajstić information content (AvgIpc) is 2.74. The summed E-state index contributed by atoms with van der Waals surface area (Å²) in [6.07, 6.45) is 0.606. The highest BCUT2D eigenvalue weighted by molar-refractivity contribution is 5.90. The van der Waals surface area contributed by atoms with Crippen molar-refractivity contribution >= 4 is 16.9 Å². The fourth-order valence-electron chi connectivity index (χ4n) is 3.17. The molecule has 0 bridgehead atoms. The van der Waals surface area contributed by atoms with E-state index in [4.69, 9.17) is 18.6 Å². The van der Waals surface area contributed by atoms with Gasteiger partial charge < -0.3 is 23.7 Å². The molecule has 3 aromatic rings. The number of rotatable bonds is 8. The number of carbonyl (C=O) groups is 1. The number of hydrogen-bond acceptors (Lipinski definition) is 7. The van der Waals surface area contributed by atoms with Crippen LogP contribution >= 0.6 is 0 Å². The van der Waals surface area contributed by atoms with Gasteiger partial charge in [-0.3, -0.25) is 0 Å². The first-order valence-electron chi connectivity index (χ1n) is 9.67. The Morgan fingerprint density at radius 2 is 1.83 bits per heavy atom.